The summed E-state index contributed by atoms with van der Waals surface area (Å²) in [5.41, 5.74) is 1.32. The number of anilines is 1. The van der Waals surface area contributed by atoms with E-state index in [4.69, 9.17) is 0 Å². The Labute approximate surface area is 115 Å². The summed E-state index contributed by atoms with van der Waals surface area (Å²) < 4.78 is 0.749. The smallest absolute Gasteiger partial charge is 0.270 e. The molecule has 1 aliphatic carbocycles. The van der Waals surface area contributed by atoms with E-state index in [9.17, 15) is 10.1 Å². The van der Waals surface area contributed by atoms with Crippen molar-refractivity contribution < 1.29 is 4.92 Å². The Bertz CT molecular complexity index is 474. The van der Waals surface area contributed by atoms with Crippen LogP contribution in [0.25, 0.3) is 0 Å². The van der Waals surface area contributed by atoms with Gasteiger partial charge in [-0.1, -0.05) is 20.3 Å². The molecular weight excluding hydrogens is 296 g/mol. The van der Waals surface area contributed by atoms with Crippen LogP contribution in [0.3, 0.4) is 0 Å². The van der Waals surface area contributed by atoms with Gasteiger partial charge in [0.15, 0.2) is 0 Å². The minimum Gasteiger partial charge on any atom is -0.381 e. The molecule has 1 aliphatic rings. The molecule has 5 heteroatoms. The lowest BCUT2D eigenvalue weighted by atomic mass is 9.87. The predicted molar refractivity (Wildman–Crippen MR) is 75.8 cm³/mol. The Morgan fingerprint density at radius 3 is 2.72 bits per heavy atom. The number of rotatable bonds is 3. The maximum absolute atomic E-state index is 10.7. The van der Waals surface area contributed by atoms with Crippen LogP contribution in [0.2, 0.25) is 0 Å². The zero-order chi connectivity index (χ0) is 13.3. The molecular formula is C13H17BrN2O2. The zero-order valence-electron chi connectivity index (χ0n) is 10.6. The quantitative estimate of drug-likeness (QED) is 0.667. The predicted octanol–water partition coefficient (Wildman–Crippen LogP) is 4.35. The molecule has 0 aromatic heterocycles. The highest BCUT2D eigenvalue weighted by Gasteiger charge is 2.34. The van der Waals surface area contributed by atoms with Crippen LogP contribution in [0, 0.1) is 15.5 Å². The van der Waals surface area contributed by atoms with Crippen LogP contribution in [0.4, 0.5) is 11.4 Å². The number of nitro benzene ring substituents is 1. The fraction of sp³-hybridized carbons (Fsp3) is 0.538. The number of non-ortho nitro benzene ring substituents is 1. The Morgan fingerprint density at radius 2 is 2.22 bits per heavy atom. The van der Waals surface area contributed by atoms with Gasteiger partial charge in [0, 0.05) is 28.3 Å². The highest BCUT2D eigenvalue weighted by Crippen LogP contribution is 2.40. The van der Waals surface area contributed by atoms with Crippen molar-refractivity contribution in [3.05, 3.63) is 32.8 Å². The minimum atomic E-state index is -0.381. The maximum Gasteiger partial charge on any atom is 0.270 e. The molecule has 0 heterocycles. The summed E-state index contributed by atoms with van der Waals surface area (Å²) in [6, 6.07) is 5.28. The van der Waals surface area contributed by atoms with E-state index in [1.165, 1.54) is 18.9 Å². The van der Waals surface area contributed by atoms with E-state index >= 15 is 0 Å². The second kappa shape index (κ2) is 4.88. The van der Waals surface area contributed by atoms with Gasteiger partial charge in [-0.15, -0.1) is 0 Å². The highest BCUT2D eigenvalue weighted by molar-refractivity contribution is 9.10. The van der Waals surface area contributed by atoms with Crippen LogP contribution in [0.15, 0.2) is 22.7 Å². The second-order valence-corrected chi connectivity index (χ2v) is 6.35. The third kappa shape index (κ3) is 2.66. The van der Waals surface area contributed by atoms with Crippen molar-refractivity contribution in [2.24, 2.45) is 5.41 Å². The summed E-state index contributed by atoms with van der Waals surface area (Å²) in [6.07, 6.45) is 3.60. The first-order chi connectivity index (χ1) is 8.40. The van der Waals surface area contributed by atoms with Crippen LogP contribution in [0.5, 0.6) is 0 Å². The van der Waals surface area contributed by atoms with Crippen LogP contribution < -0.4 is 5.32 Å². The fourth-order valence-corrected chi connectivity index (χ4v) is 3.00. The van der Waals surface area contributed by atoms with Crippen molar-refractivity contribution in [3.63, 3.8) is 0 Å². The van der Waals surface area contributed by atoms with Crippen molar-refractivity contribution in [2.75, 3.05) is 5.32 Å². The number of hydrogen-bond acceptors (Lipinski definition) is 3. The molecule has 0 saturated heterocycles. The summed E-state index contributed by atoms with van der Waals surface area (Å²) in [5.74, 6) is 0. The average Bonchev–Trinajstić information content (AvgIpc) is 2.61. The average molecular weight is 313 g/mol. The van der Waals surface area contributed by atoms with Gasteiger partial charge in [-0.05, 0) is 40.3 Å². The Kier molecular flexibility index (Phi) is 3.61. The van der Waals surface area contributed by atoms with Crippen LogP contribution in [0.1, 0.15) is 33.1 Å². The van der Waals surface area contributed by atoms with E-state index in [-0.39, 0.29) is 16.0 Å². The van der Waals surface area contributed by atoms with E-state index in [2.05, 4.69) is 35.1 Å². The van der Waals surface area contributed by atoms with Gasteiger partial charge in [0.1, 0.15) is 0 Å². The molecule has 98 valence electrons. The fourth-order valence-electron chi connectivity index (χ4n) is 2.52. The molecule has 2 rings (SSSR count). The molecule has 1 unspecified atom stereocenters. The van der Waals surface area contributed by atoms with Crippen LogP contribution in [-0.2, 0) is 0 Å². The van der Waals surface area contributed by atoms with Gasteiger partial charge < -0.3 is 5.32 Å². The SMILES string of the molecule is CC1(C)CCCC1Nc1ccc([N+](=O)[O-])cc1Br. The number of nitrogens with zero attached hydrogens (tertiary/aromatic N) is 1. The highest BCUT2D eigenvalue weighted by atomic mass is 79.9. The molecule has 1 aromatic rings. The number of nitrogens with one attached hydrogen (secondary N) is 1. The van der Waals surface area contributed by atoms with E-state index in [0.717, 1.165) is 16.6 Å². The largest absolute Gasteiger partial charge is 0.381 e. The van der Waals surface area contributed by atoms with Crippen LogP contribution >= 0.6 is 15.9 Å². The monoisotopic (exact) mass is 312 g/mol. The summed E-state index contributed by atoms with van der Waals surface area (Å²) in [5, 5.41) is 14.2. The molecule has 0 bridgehead atoms. The number of hydrogen-bond donors (Lipinski definition) is 1. The standard InChI is InChI=1S/C13H17BrN2O2/c1-13(2)7-3-4-12(13)15-11-6-5-9(16(17)18)8-10(11)14/h5-6,8,12,15H,3-4,7H2,1-2H3. The van der Waals surface area contributed by atoms with Gasteiger partial charge in [-0.3, -0.25) is 10.1 Å². The first kappa shape index (κ1) is 13.3. The first-order valence-corrected chi connectivity index (χ1v) is 6.90. The molecule has 0 aliphatic heterocycles. The molecule has 0 spiro atoms. The van der Waals surface area contributed by atoms with E-state index in [1.807, 2.05) is 0 Å². The third-order valence-corrected chi connectivity index (χ3v) is 4.41. The van der Waals surface area contributed by atoms with Gasteiger partial charge in [0.2, 0.25) is 0 Å². The minimum absolute atomic E-state index is 0.109. The zero-order valence-corrected chi connectivity index (χ0v) is 12.2. The number of benzene rings is 1. The molecule has 0 radical (unpaired) electrons. The first-order valence-electron chi connectivity index (χ1n) is 6.10. The molecule has 1 saturated carbocycles. The van der Waals surface area contributed by atoms with E-state index in [0.29, 0.717) is 6.04 Å². The van der Waals surface area contributed by atoms with Crippen molar-refractivity contribution in [1.29, 1.82) is 0 Å². The Morgan fingerprint density at radius 1 is 1.50 bits per heavy atom. The third-order valence-electron chi connectivity index (χ3n) is 3.75. The number of nitro groups is 1. The lowest BCUT2D eigenvalue weighted by Crippen LogP contribution is -2.30. The van der Waals surface area contributed by atoms with Gasteiger partial charge in [0.05, 0.1) is 4.92 Å². The van der Waals surface area contributed by atoms with Gasteiger partial charge in [-0.2, -0.15) is 0 Å². The summed E-state index contributed by atoms with van der Waals surface area (Å²) in [4.78, 5) is 10.3. The second-order valence-electron chi connectivity index (χ2n) is 5.50. The van der Waals surface area contributed by atoms with Crippen molar-refractivity contribution in [3.8, 4) is 0 Å². The lowest BCUT2D eigenvalue weighted by Gasteiger charge is -2.29. The van der Waals surface area contributed by atoms with Crippen molar-refractivity contribution in [2.45, 2.75) is 39.2 Å². The summed E-state index contributed by atoms with van der Waals surface area (Å²) >= 11 is 3.39. The topological polar surface area (TPSA) is 55.2 Å². The van der Waals surface area contributed by atoms with E-state index < -0.39 is 0 Å². The van der Waals surface area contributed by atoms with Crippen molar-refractivity contribution >= 4 is 27.3 Å². The molecule has 4 nitrogen and oxygen atoms in total. The van der Waals surface area contributed by atoms with E-state index in [1.54, 1.807) is 12.1 Å². The molecule has 0 amide bonds. The van der Waals surface area contributed by atoms with Crippen molar-refractivity contribution in [1.82, 2.24) is 0 Å². The molecule has 1 aromatic carbocycles. The Hall–Kier alpha value is -1.10. The van der Waals surface area contributed by atoms with Gasteiger partial charge in [-0.25, -0.2) is 0 Å². The lowest BCUT2D eigenvalue weighted by molar-refractivity contribution is -0.384. The molecule has 18 heavy (non-hydrogen) atoms. The molecule has 1 fully saturated rings. The molecule has 1 atom stereocenters. The normalized spacial score (nSPS) is 21.8. The Balaban J connectivity index is 2.17. The maximum atomic E-state index is 10.7. The van der Waals surface area contributed by atoms with Crippen LogP contribution in [-0.4, -0.2) is 11.0 Å². The summed E-state index contributed by atoms with van der Waals surface area (Å²) in [6.45, 7) is 4.52. The van der Waals surface area contributed by atoms with Gasteiger partial charge in [0.25, 0.3) is 5.69 Å². The van der Waals surface area contributed by atoms with Gasteiger partial charge >= 0.3 is 0 Å². The molecule has 1 N–H and O–H groups in total. The number of halogens is 1. The summed E-state index contributed by atoms with van der Waals surface area (Å²) in [7, 11) is 0.